The summed E-state index contributed by atoms with van der Waals surface area (Å²) in [6.07, 6.45) is 0. The van der Waals surface area contributed by atoms with Crippen molar-refractivity contribution in [2.24, 2.45) is 5.73 Å². The molecule has 0 aliphatic carbocycles. The molecule has 1 atom stereocenters. The number of nitrogens with zero attached hydrogens (tertiary/aromatic N) is 1. The molecular formula is C13H20N2O4. The molecule has 3 N–H and O–H groups in total. The zero-order chi connectivity index (χ0) is 14.4. The summed E-state index contributed by atoms with van der Waals surface area (Å²) in [5, 5.41) is 9.66. The van der Waals surface area contributed by atoms with Gasteiger partial charge >= 0.3 is 0 Å². The van der Waals surface area contributed by atoms with Crippen molar-refractivity contribution in [3.8, 4) is 11.5 Å². The van der Waals surface area contributed by atoms with Crippen LogP contribution < -0.4 is 10.5 Å². The normalized spacial score (nSPS) is 12.0. The summed E-state index contributed by atoms with van der Waals surface area (Å²) in [7, 11) is 4.63. The molecule has 1 unspecified atom stereocenters. The van der Waals surface area contributed by atoms with E-state index in [0.29, 0.717) is 12.3 Å². The average Bonchev–Trinajstić information content (AvgIpc) is 2.38. The fourth-order valence-electron chi connectivity index (χ4n) is 1.72. The van der Waals surface area contributed by atoms with Gasteiger partial charge in [0.2, 0.25) is 5.91 Å². The third-order valence-electron chi connectivity index (χ3n) is 2.70. The summed E-state index contributed by atoms with van der Waals surface area (Å²) in [6.45, 7) is 0.533. The van der Waals surface area contributed by atoms with Crippen molar-refractivity contribution in [1.82, 2.24) is 4.90 Å². The number of carbonyl (C=O) groups excluding carboxylic acids is 1. The molecule has 0 fully saturated rings. The van der Waals surface area contributed by atoms with Crippen molar-refractivity contribution in [2.45, 2.75) is 12.6 Å². The first-order valence-electron chi connectivity index (χ1n) is 5.85. The third-order valence-corrected chi connectivity index (χ3v) is 2.70. The highest BCUT2D eigenvalue weighted by molar-refractivity contribution is 5.81. The van der Waals surface area contributed by atoms with Crippen LogP contribution in [0.1, 0.15) is 5.56 Å². The Labute approximate surface area is 112 Å². The van der Waals surface area contributed by atoms with Crippen LogP contribution in [0, 0.1) is 0 Å². The van der Waals surface area contributed by atoms with Crippen LogP contribution in [0.3, 0.4) is 0 Å². The van der Waals surface area contributed by atoms with Crippen LogP contribution in [0.5, 0.6) is 11.5 Å². The summed E-state index contributed by atoms with van der Waals surface area (Å²) < 4.78 is 9.80. The van der Waals surface area contributed by atoms with E-state index in [0.717, 1.165) is 5.56 Å². The van der Waals surface area contributed by atoms with Crippen LogP contribution in [-0.4, -0.2) is 49.8 Å². The molecule has 0 aliphatic heterocycles. The van der Waals surface area contributed by atoms with Crippen LogP contribution in [0.25, 0.3) is 0 Å². The van der Waals surface area contributed by atoms with E-state index in [1.54, 1.807) is 25.2 Å². The molecule has 6 nitrogen and oxygen atoms in total. The highest BCUT2D eigenvalue weighted by Crippen LogP contribution is 2.26. The number of aromatic hydroxyl groups is 1. The van der Waals surface area contributed by atoms with Crippen LogP contribution in [0.15, 0.2) is 18.2 Å². The van der Waals surface area contributed by atoms with Gasteiger partial charge in [-0.25, -0.2) is 0 Å². The lowest BCUT2D eigenvalue weighted by molar-refractivity contribution is -0.132. The molecule has 0 saturated heterocycles. The number of phenolic OH excluding ortho intramolecular Hbond substituents is 1. The standard InChI is InChI=1S/C13H20N2O4/c1-15(13(17)10(14)8-18-2)7-9-4-5-12(19-3)11(16)6-9/h4-6,10,16H,7-8,14H2,1-3H3. The van der Waals surface area contributed by atoms with Gasteiger partial charge in [-0.1, -0.05) is 6.07 Å². The van der Waals surface area contributed by atoms with Gasteiger partial charge in [0, 0.05) is 20.7 Å². The number of hydrogen-bond acceptors (Lipinski definition) is 5. The number of ether oxygens (including phenoxy) is 2. The largest absolute Gasteiger partial charge is 0.504 e. The molecule has 106 valence electrons. The van der Waals surface area contributed by atoms with Crippen molar-refractivity contribution in [3.63, 3.8) is 0 Å². The highest BCUT2D eigenvalue weighted by atomic mass is 16.5. The number of phenols is 1. The molecule has 0 heterocycles. The molecule has 0 aliphatic rings. The Kier molecular flexibility index (Phi) is 5.59. The predicted octanol–water partition coefficient (Wildman–Crippen LogP) is 0.333. The van der Waals surface area contributed by atoms with E-state index < -0.39 is 6.04 Å². The fraction of sp³-hybridized carbons (Fsp3) is 0.462. The Morgan fingerprint density at radius 1 is 1.47 bits per heavy atom. The van der Waals surface area contributed by atoms with E-state index in [2.05, 4.69) is 0 Å². The van der Waals surface area contributed by atoms with Gasteiger partial charge in [0.15, 0.2) is 11.5 Å². The summed E-state index contributed by atoms with van der Waals surface area (Å²) >= 11 is 0. The lowest BCUT2D eigenvalue weighted by Gasteiger charge is -2.21. The summed E-state index contributed by atoms with van der Waals surface area (Å²) in [5.74, 6) is 0.230. The van der Waals surface area contributed by atoms with Gasteiger partial charge in [-0.3, -0.25) is 4.79 Å². The van der Waals surface area contributed by atoms with E-state index in [1.807, 2.05) is 0 Å². The molecule has 0 spiro atoms. The van der Waals surface area contributed by atoms with E-state index in [4.69, 9.17) is 15.2 Å². The molecular weight excluding hydrogens is 248 g/mol. The van der Waals surface area contributed by atoms with Crippen molar-refractivity contribution in [1.29, 1.82) is 0 Å². The quantitative estimate of drug-likeness (QED) is 0.776. The first-order valence-corrected chi connectivity index (χ1v) is 5.85. The third kappa shape index (κ3) is 4.11. The maximum Gasteiger partial charge on any atom is 0.241 e. The average molecular weight is 268 g/mol. The van der Waals surface area contributed by atoms with E-state index in [-0.39, 0.29) is 18.3 Å². The molecule has 0 radical (unpaired) electrons. The van der Waals surface area contributed by atoms with Gasteiger partial charge in [0.05, 0.1) is 13.7 Å². The number of likely N-dealkylation sites (N-methyl/N-ethyl adjacent to an activating group) is 1. The number of hydrogen-bond donors (Lipinski definition) is 2. The number of carbonyl (C=O) groups is 1. The molecule has 1 aromatic rings. The Hall–Kier alpha value is -1.79. The lowest BCUT2D eigenvalue weighted by Crippen LogP contribution is -2.44. The number of amides is 1. The van der Waals surface area contributed by atoms with E-state index in [1.165, 1.54) is 19.1 Å². The molecule has 0 saturated carbocycles. The molecule has 6 heteroatoms. The zero-order valence-corrected chi connectivity index (χ0v) is 11.4. The molecule has 1 aromatic carbocycles. The number of nitrogens with two attached hydrogens (primary N) is 1. The highest BCUT2D eigenvalue weighted by Gasteiger charge is 2.18. The molecule has 1 amide bonds. The molecule has 1 rings (SSSR count). The summed E-state index contributed by atoms with van der Waals surface area (Å²) in [6, 6.07) is 4.31. The van der Waals surface area contributed by atoms with Crippen LogP contribution >= 0.6 is 0 Å². The maximum absolute atomic E-state index is 11.9. The second-order valence-corrected chi connectivity index (χ2v) is 4.26. The van der Waals surface area contributed by atoms with Crippen molar-refractivity contribution in [3.05, 3.63) is 23.8 Å². The van der Waals surface area contributed by atoms with Gasteiger partial charge < -0.3 is 25.2 Å². The van der Waals surface area contributed by atoms with Crippen LogP contribution in [0.4, 0.5) is 0 Å². The molecule has 0 bridgehead atoms. The van der Waals surface area contributed by atoms with Gasteiger partial charge in [-0.15, -0.1) is 0 Å². The monoisotopic (exact) mass is 268 g/mol. The number of methoxy groups -OCH3 is 2. The Balaban J connectivity index is 2.68. The van der Waals surface area contributed by atoms with Gasteiger partial charge in [0.1, 0.15) is 6.04 Å². The predicted molar refractivity (Wildman–Crippen MR) is 71.0 cm³/mol. The van der Waals surface area contributed by atoms with Crippen molar-refractivity contribution in [2.75, 3.05) is 27.9 Å². The van der Waals surface area contributed by atoms with Gasteiger partial charge in [-0.05, 0) is 17.7 Å². The topological polar surface area (TPSA) is 85.0 Å². The Morgan fingerprint density at radius 3 is 2.68 bits per heavy atom. The minimum Gasteiger partial charge on any atom is -0.504 e. The van der Waals surface area contributed by atoms with Crippen LogP contribution in [-0.2, 0) is 16.1 Å². The second kappa shape index (κ2) is 6.96. The van der Waals surface area contributed by atoms with Crippen LogP contribution in [0.2, 0.25) is 0 Å². The number of benzene rings is 1. The first kappa shape index (κ1) is 15.3. The fourth-order valence-corrected chi connectivity index (χ4v) is 1.72. The Bertz CT molecular complexity index is 437. The van der Waals surface area contributed by atoms with Crippen molar-refractivity contribution >= 4 is 5.91 Å². The summed E-state index contributed by atoms with van der Waals surface area (Å²) in [5.41, 5.74) is 6.46. The SMILES string of the molecule is COCC(N)C(=O)N(C)Cc1ccc(OC)c(O)c1. The smallest absolute Gasteiger partial charge is 0.241 e. The minimum absolute atomic E-state index is 0.0436. The minimum atomic E-state index is -0.679. The van der Waals surface area contributed by atoms with Crippen molar-refractivity contribution < 1.29 is 19.4 Å². The second-order valence-electron chi connectivity index (χ2n) is 4.26. The van der Waals surface area contributed by atoms with E-state index >= 15 is 0 Å². The lowest BCUT2D eigenvalue weighted by atomic mass is 10.2. The molecule has 19 heavy (non-hydrogen) atoms. The van der Waals surface area contributed by atoms with Gasteiger partial charge in [-0.2, -0.15) is 0 Å². The molecule has 0 aromatic heterocycles. The number of rotatable bonds is 6. The summed E-state index contributed by atoms with van der Waals surface area (Å²) in [4.78, 5) is 13.4. The van der Waals surface area contributed by atoms with Gasteiger partial charge in [0.25, 0.3) is 0 Å². The zero-order valence-electron chi connectivity index (χ0n) is 11.4. The Morgan fingerprint density at radius 2 is 2.16 bits per heavy atom. The maximum atomic E-state index is 11.9. The first-order chi connectivity index (χ1) is 8.99. The van der Waals surface area contributed by atoms with E-state index in [9.17, 15) is 9.90 Å².